The van der Waals surface area contributed by atoms with Crippen molar-refractivity contribution in [2.24, 2.45) is 0 Å². The fourth-order valence-corrected chi connectivity index (χ4v) is 3.18. The van der Waals surface area contributed by atoms with Crippen LogP contribution in [-0.4, -0.2) is 115 Å². The number of carbonyl (C=O) groups is 4. The molecule has 0 aliphatic heterocycles. The van der Waals surface area contributed by atoms with Gasteiger partial charge in [-0.2, -0.15) is 29.9 Å². The normalized spacial score (nSPS) is 11.9. The molecule has 2 aromatic heterocycles. The zero-order valence-electron chi connectivity index (χ0n) is 23.7. The van der Waals surface area contributed by atoms with Crippen LogP contribution in [0.15, 0.2) is 24.3 Å². The third-order valence-electron chi connectivity index (χ3n) is 5.19. The summed E-state index contributed by atoms with van der Waals surface area (Å²) < 4.78 is 10.5. The number of anilines is 6. The third kappa shape index (κ3) is 9.22. The first-order chi connectivity index (χ1) is 20.7. The summed E-state index contributed by atoms with van der Waals surface area (Å²) in [7, 11) is 6.44. The van der Waals surface area contributed by atoms with E-state index in [1.54, 1.807) is 52.5 Å². The van der Waals surface area contributed by atoms with Crippen molar-refractivity contribution in [2.75, 3.05) is 48.6 Å². The molecule has 234 valence electrons. The number of rotatable bonds is 16. The van der Waals surface area contributed by atoms with E-state index in [-0.39, 0.29) is 23.8 Å². The second-order valence-corrected chi connectivity index (χ2v) is 9.15. The van der Waals surface area contributed by atoms with E-state index < -0.39 is 60.9 Å². The number of hydrogen-bond acceptors (Lipinski definition) is 16. The van der Waals surface area contributed by atoms with Gasteiger partial charge in [0.25, 0.3) is 0 Å². The molecular formula is C24H28N10O10. The fourth-order valence-electron chi connectivity index (χ4n) is 3.18. The van der Waals surface area contributed by atoms with E-state index in [1.165, 1.54) is 9.80 Å². The number of para-hydroxylation sites is 2. The Kier molecular flexibility index (Phi) is 10.5. The van der Waals surface area contributed by atoms with Gasteiger partial charge >= 0.3 is 35.9 Å². The monoisotopic (exact) mass is 616 g/mol. The molecule has 0 aliphatic rings. The van der Waals surface area contributed by atoms with Gasteiger partial charge in [-0.05, 0) is 12.1 Å². The first kappa shape index (κ1) is 32.4. The van der Waals surface area contributed by atoms with Gasteiger partial charge in [-0.3, -0.25) is 9.59 Å². The Balaban J connectivity index is 1.95. The molecule has 20 heteroatoms. The van der Waals surface area contributed by atoms with Crippen molar-refractivity contribution < 1.29 is 49.1 Å². The van der Waals surface area contributed by atoms with Crippen molar-refractivity contribution in [3.63, 3.8) is 0 Å². The first-order valence-corrected chi connectivity index (χ1v) is 12.4. The number of hydrogen-bond donors (Lipinski definition) is 6. The highest BCUT2D eigenvalue weighted by Gasteiger charge is 2.26. The third-order valence-corrected chi connectivity index (χ3v) is 5.19. The molecule has 6 N–H and O–H groups in total. The average molecular weight is 617 g/mol. The number of carboxylic acids is 4. The van der Waals surface area contributed by atoms with E-state index in [4.69, 9.17) is 19.7 Å². The highest BCUT2D eigenvalue weighted by Crippen LogP contribution is 2.28. The summed E-state index contributed by atoms with van der Waals surface area (Å²) in [5.41, 5.74) is 0.691. The highest BCUT2D eigenvalue weighted by molar-refractivity contribution is 5.80. The molecule has 2 atom stereocenters. The lowest BCUT2D eigenvalue weighted by Crippen LogP contribution is -2.31. The first-order valence-electron chi connectivity index (χ1n) is 12.4. The quantitative estimate of drug-likeness (QED) is 0.126. The Hall–Kier alpha value is -6.08. The van der Waals surface area contributed by atoms with Crippen LogP contribution in [-0.2, 0) is 19.2 Å². The molecule has 0 bridgehead atoms. The van der Waals surface area contributed by atoms with Crippen LogP contribution in [0.1, 0.15) is 12.8 Å². The molecular weight excluding hydrogens is 588 g/mol. The molecule has 0 radical (unpaired) electrons. The van der Waals surface area contributed by atoms with E-state index in [1.807, 2.05) is 0 Å². The number of benzene rings is 1. The van der Waals surface area contributed by atoms with Gasteiger partial charge in [0.05, 0.1) is 24.2 Å². The molecule has 3 aromatic rings. The lowest BCUT2D eigenvalue weighted by molar-refractivity contribution is -0.151. The van der Waals surface area contributed by atoms with Crippen LogP contribution in [0.25, 0.3) is 0 Å². The van der Waals surface area contributed by atoms with E-state index >= 15 is 0 Å². The molecule has 1 aromatic carbocycles. The van der Waals surface area contributed by atoms with E-state index in [9.17, 15) is 29.4 Å². The molecule has 20 nitrogen and oxygen atoms in total. The van der Waals surface area contributed by atoms with Crippen LogP contribution in [0.2, 0.25) is 0 Å². The van der Waals surface area contributed by atoms with Crippen molar-refractivity contribution >= 4 is 59.0 Å². The number of aromatic nitrogens is 6. The molecule has 3 rings (SSSR count). The Morgan fingerprint density at radius 2 is 1.02 bits per heavy atom. The lowest BCUT2D eigenvalue weighted by Gasteiger charge is -2.18. The molecule has 0 saturated carbocycles. The Morgan fingerprint density at radius 3 is 1.32 bits per heavy atom. The second kappa shape index (κ2) is 14.2. The van der Waals surface area contributed by atoms with Gasteiger partial charge in [0, 0.05) is 28.2 Å². The van der Waals surface area contributed by atoms with Crippen molar-refractivity contribution in [1.29, 1.82) is 0 Å². The minimum absolute atomic E-state index is 0.0617. The topological polar surface area (TPSA) is 276 Å². The second-order valence-electron chi connectivity index (χ2n) is 9.15. The van der Waals surface area contributed by atoms with Crippen LogP contribution in [0.5, 0.6) is 12.0 Å². The largest absolute Gasteiger partial charge is 0.481 e. The predicted molar refractivity (Wildman–Crippen MR) is 150 cm³/mol. The van der Waals surface area contributed by atoms with Crippen molar-refractivity contribution in [3.8, 4) is 12.0 Å². The number of carboxylic acid groups (broad SMARTS) is 4. The maximum absolute atomic E-state index is 11.5. The summed E-state index contributed by atoms with van der Waals surface area (Å²) in [6.07, 6.45) is -5.23. The van der Waals surface area contributed by atoms with Gasteiger partial charge in [-0.25, -0.2) is 9.59 Å². The molecule has 2 heterocycles. The number of ether oxygens (including phenoxy) is 2. The molecule has 0 saturated heterocycles. The summed E-state index contributed by atoms with van der Waals surface area (Å²) >= 11 is 0. The summed E-state index contributed by atoms with van der Waals surface area (Å²) in [4.78, 5) is 72.9. The van der Waals surface area contributed by atoms with Crippen molar-refractivity contribution in [3.05, 3.63) is 24.3 Å². The molecule has 0 fully saturated rings. The minimum atomic E-state index is -1.77. The standard InChI is InChI=1S/C24H28N10O10/c1-33(2)21-27-19(29-23(31-21)43-13(17(39)40)9-15(35)36)25-11-7-5-6-8-12(11)26-20-28-22(34(3)4)32-24(30-20)44-14(18(41)42)10-16(37)38/h5-8,13-14H,9-10H2,1-4H3,(H,35,36)(H,37,38)(H,39,40)(H,41,42)(H,25,27,29,31)(H,26,28,30,32). The SMILES string of the molecule is CN(C)c1nc(Nc2ccccc2Nc2nc(OC(CC(=O)O)C(=O)O)nc(N(C)C)n2)nc(OC(CC(=O)O)C(=O)O)n1. The van der Waals surface area contributed by atoms with Crippen LogP contribution in [0.4, 0.5) is 35.2 Å². The van der Waals surface area contributed by atoms with Gasteiger partial charge in [0.2, 0.25) is 36.0 Å². The Morgan fingerprint density at radius 1 is 0.659 bits per heavy atom. The highest BCUT2D eigenvalue weighted by atomic mass is 16.5. The van der Waals surface area contributed by atoms with Crippen molar-refractivity contribution in [1.82, 2.24) is 29.9 Å². The zero-order chi connectivity index (χ0) is 32.6. The van der Waals surface area contributed by atoms with E-state index in [0.717, 1.165) is 0 Å². The van der Waals surface area contributed by atoms with Crippen LogP contribution in [0.3, 0.4) is 0 Å². The van der Waals surface area contributed by atoms with E-state index in [2.05, 4.69) is 40.5 Å². The molecule has 44 heavy (non-hydrogen) atoms. The van der Waals surface area contributed by atoms with Gasteiger partial charge in [0.1, 0.15) is 0 Å². The maximum Gasteiger partial charge on any atom is 0.345 e. The minimum Gasteiger partial charge on any atom is -0.481 e. The Labute approximate surface area is 248 Å². The van der Waals surface area contributed by atoms with Crippen molar-refractivity contribution in [2.45, 2.75) is 25.0 Å². The fraction of sp³-hybridized carbons (Fsp3) is 0.333. The summed E-state index contributed by atoms with van der Waals surface area (Å²) in [6, 6.07) is 5.67. The maximum atomic E-state index is 11.5. The van der Waals surface area contributed by atoms with Gasteiger partial charge in [-0.1, -0.05) is 12.1 Å². The predicted octanol–water partition coefficient (Wildman–Crippen LogP) is 0.289. The number of aliphatic carboxylic acids is 4. The summed E-state index contributed by atoms with van der Waals surface area (Å²) in [5.74, 6) is -5.93. The van der Waals surface area contributed by atoms with Gasteiger partial charge < -0.3 is 50.3 Å². The molecule has 2 unspecified atom stereocenters. The number of nitrogens with one attached hydrogen (secondary N) is 2. The van der Waals surface area contributed by atoms with Crippen LogP contribution >= 0.6 is 0 Å². The van der Waals surface area contributed by atoms with Crippen LogP contribution in [0, 0.1) is 0 Å². The molecule has 0 spiro atoms. The smallest absolute Gasteiger partial charge is 0.345 e. The molecule has 0 aliphatic carbocycles. The average Bonchev–Trinajstić information content (AvgIpc) is 2.92. The Bertz CT molecular complexity index is 1420. The number of nitrogens with zero attached hydrogens (tertiary/aromatic N) is 8. The van der Waals surface area contributed by atoms with Crippen LogP contribution < -0.4 is 29.9 Å². The van der Waals surface area contributed by atoms with Gasteiger partial charge in [0.15, 0.2) is 0 Å². The van der Waals surface area contributed by atoms with Gasteiger partial charge in [-0.15, -0.1) is 0 Å². The summed E-state index contributed by atoms with van der Waals surface area (Å²) in [5, 5.41) is 42.6. The molecule has 0 amide bonds. The zero-order valence-corrected chi connectivity index (χ0v) is 23.7. The van der Waals surface area contributed by atoms with E-state index in [0.29, 0.717) is 11.4 Å². The lowest BCUT2D eigenvalue weighted by atomic mass is 10.2. The summed E-state index contributed by atoms with van der Waals surface area (Å²) in [6.45, 7) is 0.